The van der Waals surface area contributed by atoms with Crippen molar-refractivity contribution in [1.82, 2.24) is 0 Å². The minimum absolute atomic E-state index is 0. The van der Waals surface area contributed by atoms with Gasteiger partial charge in [-0.3, -0.25) is 4.79 Å². The van der Waals surface area contributed by atoms with Gasteiger partial charge in [0.25, 0.3) is 0 Å². The summed E-state index contributed by atoms with van der Waals surface area (Å²) in [5, 5.41) is 5.70. The summed E-state index contributed by atoms with van der Waals surface area (Å²) >= 11 is 3.35. The van der Waals surface area contributed by atoms with E-state index in [2.05, 4.69) is 31.6 Å². The number of carbonyl (C=O) groups excluding carboxylic acids is 1. The lowest BCUT2D eigenvalue weighted by Crippen LogP contribution is -2.25. The number of anilines is 2. The summed E-state index contributed by atoms with van der Waals surface area (Å²) in [6.07, 6.45) is 0.841. The molecule has 4 N–H and O–H groups in total. The molecule has 1 amide bonds. The van der Waals surface area contributed by atoms with Crippen LogP contribution in [0.4, 0.5) is 11.4 Å². The highest BCUT2D eigenvalue weighted by atomic mass is 127. The second-order valence-corrected chi connectivity index (χ2v) is 6.51. The Balaban J connectivity index is 0.00000261. The Kier molecular flexibility index (Phi) is 8.17. The molecule has 1 aliphatic rings. The van der Waals surface area contributed by atoms with Crippen molar-refractivity contribution in [2.45, 2.75) is 6.42 Å². The van der Waals surface area contributed by atoms with Gasteiger partial charge in [0.05, 0.1) is 13.2 Å². The highest BCUT2D eigenvalue weighted by Gasteiger charge is 2.11. The Hall–Kier alpha value is -2.01. The standard InChI is InChI=1S/C18H19BrN4O3.HI/c19-12-3-1-4-13(9-12)22-17(24)11-21-18(20)23-14-5-6-15-16(10-14)26-8-2-7-25-15;/h1,3-6,9-10H,2,7-8,11H2,(H,22,24)(H3,20,21,23);1H. The molecule has 0 aliphatic carbocycles. The zero-order valence-electron chi connectivity index (χ0n) is 14.4. The fourth-order valence-corrected chi connectivity index (χ4v) is 2.75. The van der Waals surface area contributed by atoms with Crippen LogP contribution in [0.25, 0.3) is 0 Å². The molecule has 0 bridgehead atoms. The van der Waals surface area contributed by atoms with E-state index in [1.54, 1.807) is 18.2 Å². The van der Waals surface area contributed by atoms with Gasteiger partial charge in [0, 0.05) is 28.3 Å². The second-order valence-electron chi connectivity index (χ2n) is 5.60. The summed E-state index contributed by atoms with van der Waals surface area (Å²) in [6.45, 7) is 1.15. The van der Waals surface area contributed by atoms with E-state index in [1.807, 2.05) is 24.3 Å². The maximum Gasteiger partial charge on any atom is 0.246 e. The number of benzene rings is 2. The lowest BCUT2D eigenvalue weighted by atomic mass is 10.3. The van der Waals surface area contributed by atoms with Gasteiger partial charge < -0.3 is 25.8 Å². The van der Waals surface area contributed by atoms with E-state index in [0.29, 0.717) is 36.1 Å². The highest BCUT2D eigenvalue weighted by molar-refractivity contribution is 14.0. The van der Waals surface area contributed by atoms with E-state index in [-0.39, 0.29) is 42.4 Å². The molecule has 1 aliphatic heterocycles. The SMILES string of the molecule is I.NC(=NCC(=O)Nc1cccc(Br)c1)Nc1ccc2c(c1)OCCCO2. The number of amides is 1. The van der Waals surface area contributed by atoms with Gasteiger partial charge in [-0.25, -0.2) is 4.99 Å². The first-order valence-electron chi connectivity index (χ1n) is 8.12. The fourth-order valence-electron chi connectivity index (χ4n) is 2.35. The largest absolute Gasteiger partial charge is 0.490 e. The number of hydrogen-bond donors (Lipinski definition) is 3. The zero-order chi connectivity index (χ0) is 18.4. The van der Waals surface area contributed by atoms with Crippen molar-refractivity contribution < 1.29 is 14.3 Å². The number of fused-ring (bicyclic) bond motifs is 1. The third-order valence-corrected chi connectivity index (χ3v) is 4.01. The molecular formula is C18H20BrIN4O3. The van der Waals surface area contributed by atoms with Gasteiger partial charge >= 0.3 is 0 Å². The van der Waals surface area contributed by atoms with Gasteiger partial charge in [0.2, 0.25) is 5.91 Å². The number of ether oxygens (including phenoxy) is 2. The topological polar surface area (TPSA) is 98.0 Å². The molecule has 0 saturated carbocycles. The molecule has 0 saturated heterocycles. The third kappa shape index (κ3) is 6.58. The van der Waals surface area contributed by atoms with Crippen LogP contribution in [0.3, 0.4) is 0 Å². The van der Waals surface area contributed by atoms with Crippen molar-refractivity contribution in [3.63, 3.8) is 0 Å². The Morgan fingerprint density at radius 1 is 1.07 bits per heavy atom. The lowest BCUT2D eigenvalue weighted by molar-refractivity contribution is -0.114. The van der Waals surface area contributed by atoms with E-state index < -0.39 is 0 Å². The van der Waals surface area contributed by atoms with Crippen molar-refractivity contribution in [2.75, 3.05) is 30.4 Å². The van der Waals surface area contributed by atoms with Gasteiger partial charge in [-0.2, -0.15) is 0 Å². The van der Waals surface area contributed by atoms with Crippen LogP contribution in [0.1, 0.15) is 6.42 Å². The number of nitrogens with zero attached hydrogens (tertiary/aromatic N) is 1. The Morgan fingerprint density at radius 3 is 2.59 bits per heavy atom. The smallest absolute Gasteiger partial charge is 0.246 e. The zero-order valence-corrected chi connectivity index (χ0v) is 18.3. The minimum Gasteiger partial charge on any atom is -0.490 e. The average Bonchev–Trinajstić information content (AvgIpc) is 2.85. The van der Waals surface area contributed by atoms with Crippen LogP contribution in [0.5, 0.6) is 11.5 Å². The van der Waals surface area contributed by atoms with Crippen LogP contribution >= 0.6 is 39.9 Å². The van der Waals surface area contributed by atoms with Crippen molar-refractivity contribution in [2.24, 2.45) is 10.7 Å². The van der Waals surface area contributed by atoms with Crippen molar-refractivity contribution in [1.29, 1.82) is 0 Å². The van der Waals surface area contributed by atoms with Crippen molar-refractivity contribution in [3.05, 3.63) is 46.9 Å². The molecule has 0 atom stereocenters. The first kappa shape index (κ1) is 21.3. The van der Waals surface area contributed by atoms with E-state index in [1.165, 1.54) is 0 Å². The lowest BCUT2D eigenvalue weighted by Gasteiger charge is -2.10. The number of nitrogens with two attached hydrogens (primary N) is 1. The number of carbonyl (C=O) groups is 1. The molecule has 7 nitrogen and oxygen atoms in total. The van der Waals surface area contributed by atoms with Crippen LogP contribution in [-0.4, -0.2) is 31.6 Å². The van der Waals surface area contributed by atoms with Crippen LogP contribution in [0, 0.1) is 0 Å². The molecule has 0 aromatic heterocycles. The quantitative estimate of drug-likeness (QED) is 0.309. The number of rotatable bonds is 4. The second kappa shape index (κ2) is 10.4. The Morgan fingerprint density at radius 2 is 1.81 bits per heavy atom. The maximum atomic E-state index is 12.0. The molecule has 2 aromatic carbocycles. The molecule has 0 spiro atoms. The third-order valence-electron chi connectivity index (χ3n) is 3.52. The molecule has 2 aromatic rings. The van der Waals surface area contributed by atoms with Gasteiger partial charge in [0.1, 0.15) is 6.54 Å². The first-order chi connectivity index (χ1) is 12.6. The molecule has 27 heavy (non-hydrogen) atoms. The molecule has 1 heterocycles. The predicted octanol–water partition coefficient (Wildman–Crippen LogP) is 3.59. The molecule has 9 heteroatoms. The fraction of sp³-hybridized carbons (Fsp3) is 0.222. The van der Waals surface area contributed by atoms with E-state index in [9.17, 15) is 4.79 Å². The van der Waals surface area contributed by atoms with E-state index in [0.717, 1.165) is 10.9 Å². The number of aliphatic imine (C=N–C) groups is 1. The molecule has 0 unspecified atom stereocenters. The Labute approximate surface area is 182 Å². The molecular weight excluding hydrogens is 527 g/mol. The summed E-state index contributed by atoms with van der Waals surface area (Å²) in [7, 11) is 0. The molecule has 0 radical (unpaired) electrons. The molecule has 3 rings (SSSR count). The van der Waals surface area contributed by atoms with Crippen molar-refractivity contribution >= 4 is 63.1 Å². The molecule has 144 valence electrons. The number of guanidine groups is 1. The summed E-state index contributed by atoms with van der Waals surface area (Å²) in [4.78, 5) is 16.0. The van der Waals surface area contributed by atoms with E-state index >= 15 is 0 Å². The van der Waals surface area contributed by atoms with Crippen LogP contribution in [0.2, 0.25) is 0 Å². The summed E-state index contributed by atoms with van der Waals surface area (Å²) in [5.74, 6) is 1.25. The highest BCUT2D eigenvalue weighted by Crippen LogP contribution is 2.32. The minimum atomic E-state index is -0.258. The van der Waals surface area contributed by atoms with Crippen LogP contribution in [-0.2, 0) is 4.79 Å². The van der Waals surface area contributed by atoms with E-state index in [4.69, 9.17) is 15.2 Å². The monoisotopic (exact) mass is 546 g/mol. The van der Waals surface area contributed by atoms with Gasteiger partial charge in [0.15, 0.2) is 17.5 Å². The van der Waals surface area contributed by atoms with Crippen LogP contribution < -0.4 is 25.8 Å². The van der Waals surface area contributed by atoms with Gasteiger partial charge in [-0.05, 0) is 30.3 Å². The number of halogens is 2. The van der Waals surface area contributed by atoms with Crippen LogP contribution in [0.15, 0.2) is 51.9 Å². The normalized spacial score (nSPS) is 13.1. The van der Waals surface area contributed by atoms with Gasteiger partial charge in [-0.15, -0.1) is 24.0 Å². The molecule has 0 fully saturated rings. The summed E-state index contributed by atoms with van der Waals surface area (Å²) < 4.78 is 12.1. The maximum absolute atomic E-state index is 12.0. The Bertz CT molecular complexity index is 832. The predicted molar refractivity (Wildman–Crippen MR) is 120 cm³/mol. The first-order valence-corrected chi connectivity index (χ1v) is 8.91. The van der Waals surface area contributed by atoms with Gasteiger partial charge in [-0.1, -0.05) is 22.0 Å². The number of hydrogen-bond acceptors (Lipinski definition) is 4. The number of nitrogens with one attached hydrogen (secondary N) is 2. The average molecular weight is 547 g/mol. The summed E-state index contributed by atoms with van der Waals surface area (Å²) in [6, 6.07) is 12.7. The summed E-state index contributed by atoms with van der Waals surface area (Å²) in [5.41, 5.74) is 7.26. The van der Waals surface area contributed by atoms with Crippen molar-refractivity contribution in [3.8, 4) is 11.5 Å².